The number of carbonyl (C=O) groups is 3. The number of benzene rings is 1. The third kappa shape index (κ3) is 2.20. The van der Waals surface area contributed by atoms with Crippen LogP contribution in [-0.2, 0) is 4.79 Å². The third-order valence-corrected chi connectivity index (χ3v) is 2.39. The van der Waals surface area contributed by atoms with Crippen LogP contribution in [0.4, 0.5) is 0 Å². The zero-order valence-corrected chi connectivity index (χ0v) is 9.61. The fraction of sp³-hybridized carbons (Fsp3) is 0.0714. The average molecular weight is 239 g/mol. The topological polar surface area (TPSA) is 63.2 Å². The average Bonchev–Trinajstić information content (AvgIpc) is 2.35. The molecule has 4 nitrogen and oxygen atoms in total. The first-order valence-corrected chi connectivity index (χ1v) is 5.27. The van der Waals surface area contributed by atoms with Crippen molar-refractivity contribution in [3.05, 3.63) is 47.0 Å². The number of hydrogen-bond acceptors (Lipinski definition) is 3. The highest BCUT2D eigenvalue weighted by molar-refractivity contribution is 6.26. The van der Waals surface area contributed by atoms with Crippen LogP contribution in [-0.4, -0.2) is 17.5 Å². The van der Waals surface area contributed by atoms with Gasteiger partial charge in [0.25, 0.3) is 0 Å². The van der Waals surface area contributed by atoms with Gasteiger partial charge in [-0.05, 0) is 5.92 Å². The zero-order valence-electron chi connectivity index (χ0n) is 9.61. The number of fused-ring (bicyclic) bond motifs is 1. The van der Waals surface area contributed by atoms with Gasteiger partial charge < -0.3 is 0 Å². The van der Waals surface area contributed by atoms with Gasteiger partial charge in [-0.1, -0.05) is 24.3 Å². The molecule has 1 aromatic rings. The second-order valence-corrected chi connectivity index (χ2v) is 3.73. The summed E-state index contributed by atoms with van der Waals surface area (Å²) in [7, 11) is 0. The van der Waals surface area contributed by atoms with Gasteiger partial charge in [-0.3, -0.25) is 19.7 Å². The zero-order chi connectivity index (χ0) is 13.1. The number of rotatable bonds is 0. The summed E-state index contributed by atoms with van der Waals surface area (Å²) in [5.41, 5.74) is 0.817. The Morgan fingerprint density at radius 1 is 1.17 bits per heavy atom. The Morgan fingerprint density at radius 2 is 1.83 bits per heavy atom. The van der Waals surface area contributed by atoms with Gasteiger partial charge in [0, 0.05) is 30.2 Å². The Bertz CT molecular complexity index is 644. The van der Waals surface area contributed by atoms with Gasteiger partial charge in [0.2, 0.25) is 11.7 Å². The molecule has 0 heterocycles. The lowest BCUT2D eigenvalue weighted by atomic mass is 9.90. The molecule has 0 fully saturated rings. The quantitative estimate of drug-likeness (QED) is 0.544. The molecule has 1 N–H and O–H groups in total. The van der Waals surface area contributed by atoms with Crippen molar-refractivity contribution in [2.24, 2.45) is 0 Å². The van der Waals surface area contributed by atoms with Crippen LogP contribution in [0.25, 0.3) is 0 Å². The SMILES string of the molecule is CC(=O)NC#CC1=CC(=O)c2ccccc2C1=O. The van der Waals surface area contributed by atoms with Gasteiger partial charge in [0.15, 0.2) is 5.78 Å². The normalized spacial score (nSPS) is 13.1. The smallest absolute Gasteiger partial charge is 0.228 e. The molecule has 1 aliphatic carbocycles. The van der Waals surface area contributed by atoms with Crippen molar-refractivity contribution in [1.82, 2.24) is 5.32 Å². The number of ketones is 2. The maximum absolute atomic E-state index is 12.0. The summed E-state index contributed by atoms with van der Waals surface area (Å²) in [6, 6.07) is 8.92. The van der Waals surface area contributed by atoms with E-state index in [1.807, 2.05) is 0 Å². The summed E-state index contributed by atoms with van der Waals surface area (Å²) in [6.07, 6.45) is 1.19. The highest BCUT2D eigenvalue weighted by Gasteiger charge is 2.23. The molecule has 0 spiro atoms. The minimum Gasteiger partial charge on any atom is -0.289 e. The van der Waals surface area contributed by atoms with E-state index in [0.717, 1.165) is 0 Å². The van der Waals surface area contributed by atoms with Crippen LogP contribution < -0.4 is 5.32 Å². The minimum absolute atomic E-state index is 0.0902. The maximum Gasteiger partial charge on any atom is 0.228 e. The van der Waals surface area contributed by atoms with Crippen LogP contribution in [0.2, 0.25) is 0 Å². The molecule has 0 saturated heterocycles. The molecule has 0 atom stereocenters. The maximum atomic E-state index is 12.0. The molecule has 0 unspecified atom stereocenters. The summed E-state index contributed by atoms with van der Waals surface area (Å²) in [6.45, 7) is 1.31. The largest absolute Gasteiger partial charge is 0.289 e. The Labute approximate surface area is 104 Å². The molecular formula is C14H9NO3. The second-order valence-electron chi connectivity index (χ2n) is 3.73. The molecule has 0 saturated carbocycles. The van der Waals surface area contributed by atoms with Crippen molar-refractivity contribution >= 4 is 17.5 Å². The van der Waals surface area contributed by atoms with Crippen molar-refractivity contribution in [1.29, 1.82) is 0 Å². The molecule has 0 aliphatic heterocycles. The molecule has 0 aromatic heterocycles. The summed E-state index contributed by atoms with van der Waals surface area (Å²) < 4.78 is 0. The van der Waals surface area contributed by atoms with Gasteiger partial charge in [0.1, 0.15) is 0 Å². The van der Waals surface area contributed by atoms with Gasteiger partial charge in [-0.25, -0.2) is 0 Å². The lowest BCUT2D eigenvalue weighted by Crippen LogP contribution is -2.17. The van der Waals surface area contributed by atoms with Crippen LogP contribution in [0.5, 0.6) is 0 Å². The standard InChI is InChI=1S/C14H9NO3/c1-9(16)15-7-6-10-8-13(17)11-4-2-3-5-12(11)14(10)18/h2-5,8H,1H3,(H,15,16). The van der Waals surface area contributed by atoms with Crippen LogP contribution in [0, 0.1) is 12.0 Å². The summed E-state index contributed by atoms with van der Waals surface area (Å²) >= 11 is 0. The lowest BCUT2D eigenvalue weighted by molar-refractivity contribution is -0.117. The van der Waals surface area contributed by atoms with Gasteiger partial charge in [0.05, 0.1) is 5.57 Å². The summed E-state index contributed by atoms with van der Waals surface area (Å²) in [4.78, 5) is 34.4. The van der Waals surface area contributed by atoms with E-state index in [2.05, 4.69) is 17.3 Å². The Hall–Kier alpha value is -2.67. The van der Waals surface area contributed by atoms with Crippen molar-refractivity contribution in [2.75, 3.05) is 0 Å². The number of allylic oxidation sites excluding steroid dienone is 2. The summed E-state index contributed by atoms with van der Waals surface area (Å²) in [5.74, 6) is 1.61. The van der Waals surface area contributed by atoms with E-state index in [1.165, 1.54) is 13.0 Å². The highest BCUT2D eigenvalue weighted by atomic mass is 16.1. The van der Waals surface area contributed by atoms with E-state index in [0.29, 0.717) is 11.1 Å². The first-order valence-electron chi connectivity index (χ1n) is 5.27. The number of carbonyl (C=O) groups excluding carboxylic acids is 3. The molecule has 88 valence electrons. The molecular weight excluding hydrogens is 230 g/mol. The predicted octanol–water partition coefficient (Wildman–Crippen LogP) is 1.09. The Kier molecular flexibility index (Phi) is 3.07. The molecule has 0 radical (unpaired) electrons. The van der Waals surface area contributed by atoms with Gasteiger partial charge in [-0.2, -0.15) is 0 Å². The molecule has 2 rings (SSSR count). The fourth-order valence-corrected chi connectivity index (χ4v) is 1.59. The molecule has 4 heteroatoms. The minimum atomic E-state index is -0.321. The van der Waals surface area contributed by atoms with E-state index in [4.69, 9.17) is 0 Å². The van der Waals surface area contributed by atoms with Crippen molar-refractivity contribution < 1.29 is 14.4 Å². The second kappa shape index (κ2) is 4.68. The number of nitrogens with one attached hydrogen (secondary N) is 1. The summed E-state index contributed by atoms with van der Waals surface area (Å²) in [5, 5.41) is 2.25. The fourth-order valence-electron chi connectivity index (χ4n) is 1.59. The van der Waals surface area contributed by atoms with Gasteiger partial charge >= 0.3 is 0 Å². The van der Waals surface area contributed by atoms with Gasteiger partial charge in [-0.15, -0.1) is 0 Å². The van der Waals surface area contributed by atoms with E-state index in [9.17, 15) is 14.4 Å². The third-order valence-electron chi connectivity index (χ3n) is 2.39. The van der Waals surface area contributed by atoms with Crippen LogP contribution in [0.1, 0.15) is 27.6 Å². The Balaban J connectivity index is 2.36. The van der Waals surface area contributed by atoms with E-state index < -0.39 is 0 Å². The first-order chi connectivity index (χ1) is 8.59. The lowest BCUT2D eigenvalue weighted by Gasteiger charge is -2.10. The van der Waals surface area contributed by atoms with Crippen molar-refractivity contribution in [3.8, 4) is 12.0 Å². The molecule has 1 amide bonds. The van der Waals surface area contributed by atoms with Crippen molar-refractivity contribution in [2.45, 2.75) is 6.92 Å². The predicted molar refractivity (Wildman–Crippen MR) is 64.8 cm³/mol. The van der Waals surface area contributed by atoms with E-state index in [1.54, 1.807) is 24.3 Å². The van der Waals surface area contributed by atoms with E-state index in [-0.39, 0.29) is 23.0 Å². The van der Waals surface area contributed by atoms with Crippen LogP contribution in [0.3, 0.4) is 0 Å². The number of Topliss-reactive ketones (excluding diaryl/α,β-unsaturated/α-hetero) is 1. The van der Waals surface area contributed by atoms with Crippen LogP contribution >= 0.6 is 0 Å². The monoisotopic (exact) mass is 239 g/mol. The number of hydrogen-bond donors (Lipinski definition) is 1. The number of amides is 1. The molecule has 1 aromatic carbocycles. The van der Waals surface area contributed by atoms with E-state index >= 15 is 0 Å². The highest BCUT2D eigenvalue weighted by Crippen LogP contribution is 2.20. The van der Waals surface area contributed by atoms with Crippen LogP contribution in [0.15, 0.2) is 35.9 Å². The molecule has 0 bridgehead atoms. The Morgan fingerprint density at radius 3 is 2.50 bits per heavy atom. The molecule has 1 aliphatic rings. The first kappa shape index (κ1) is 11.8. The van der Waals surface area contributed by atoms with Crippen molar-refractivity contribution in [3.63, 3.8) is 0 Å². The molecule has 18 heavy (non-hydrogen) atoms.